The third-order valence-electron chi connectivity index (χ3n) is 3.80. The van der Waals surface area contributed by atoms with Gasteiger partial charge in [0.05, 0.1) is 11.6 Å². The van der Waals surface area contributed by atoms with Crippen LogP contribution in [-0.4, -0.2) is 25.1 Å². The summed E-state index contributed by atoms with van der Waals surface area (Å²) >= 11 is 1.28. The normalized spacial score (nSPS) is 16.0. The number of benzene rings is 1. The maximum Gasteiger partial charge on any atom is 0.270 e. The highest BCUT2D eigenvalue weighted by molar-refractivity contribution is 8.02. The summed E-state index contributed by atoms with van der Waals surface area (Å²) in [6, 6.07) is 7.04. The molecule has 5 nitrogen and oxygen atoms in total. The summed E-state index contributed by atoms with van der Waals surface area (Å²) in [5.74, 6) is 2.32. The quantitative estimate of drug-likeness (QED) is 0.854. The number of aromatic nitrogens is 1. The van der Waals surface area contributed by atoms with Crippen molar-refractivity contribution in [3.8, 4) is 12.3 Å². The lowest BCUT2D eigenvalue weighted by molar-refractivity contribution is 0.514. The van der Waals surface area contributed by atoms with Crippen LogP contribution in [0.15, 0.2) is 24.3 Å². The Kier molecular flexibility index (Phi) is 4.11. The largest absolute Gasteiger partial charge is 0.505 e. The molecule has 7 heteroatoms. The number of thiazole rings is 1. The molecule has 1 aliphatic rings. The van der Waals surface area contributed by atoms with Crippen molar-refractivity contribution in [3.63, 3.8) is 0 Å². The first-order chi connectivity index (χ1) is 11.4. The zero-order chi connectivity index (χ0) is 17.5. The molecule has 124 valence electrons. The van der Waals surface area contributed by atoms with Gasteiger partial charge in [0.2, 0.25) is 0 Å². The number of aliphatic hydroxyl groups is 1. The third-order valence-corrected chi connectivity index (χ3v) is 6.80. The van der Waals surface area contributed by atoms with Crippen molar-refractivity contribution in [3.05, 3.63) is 45.3 Å². The van der Waals surface area contributed by atoms with Crippen LogP contribution in [0.2, 0.25) is 0 Å². The molecule has 0 saturated heterocycles. The van der Waals surface area contributed by atoms with Crippen molar-refractivity contribution in [2.24, 2.45) is 0 Å². The van der Waals surface area contributed by atoms with E-state index in [4.69, 9.17) is 6.42 Å². The summed E-state index contributed by atoms with van der Waals surface area (Å²) in [5.41, 5.74) is 1.22. The van der Waals surface area contributed by atoms with Gasteiger partial charge in [-0.3, -0.25) is 0 Å². The molecular formula is C17H16N2O3S2. The van der Waals surface area contributed by atoms with Crippen LogP contribution in [0.3, 0.4) is 0 Å². The van der Waals surface area contributed by atoms with Crippen LogP contribution in [0.5, 0.6) is 0 Å². The number of fused-ring (bicyclic) bond motifs is 1. The van der Waals surface area contributed by atoms with Crippen LogP contribution in [-0.2, 0) is 16.4 Å². The topological polar surface area (TPSA) is 70.5 Å². The number of terminal acetylenes is 1. The maximum absolute atomic E-state index is 13.1. The highest BCUT2D eigenvalue weighted by Gasteiger charge is 2.40. The lowest BCUT2D eigenvalue weighted by Gasteiger charge is -2.27. The van der Waals surface area contributed by atoms with Gasteiger partial charge in [-0.25, -0.2) is 17.7 Å². The summed E-state index contributed by atoms with van der Waals surface area (Å²) in [4.78, 5) is 4.67. The van der Waals surface area contributed by atoms with Crippen LogP contribution >= 0.6 is 11.3 Å². The van der Waals surface area contributed by atoms with E-state index in [9.17, 15) is 13.5 Å². The average Bonchev–Trinajstić information content (AvgIpc) is 2.97. The van der Waals surface area contributed by atoms with Crippen LogP contribution < -0.4 is 4.31 Å². The minimum atomic E-state index is -3.99. The van der Waals surface area contributed by atoms with Crippen molar-refractivity contribution < 1.29 is 13.5 Å². The Morgan fingerprint density at radius 2 is 2.08 bits per heavy atom. The van der Waals surface area contributed by atoms with E-state index in [0.717, 1.165) is 14.9 Å². The molecule has 0 radical (unpaired) electrons. The number of nitrogens with zero attached hydrogens (tertiary/aromatic N) is 2. The standard InChI is InChI=1S/C17H16N2O3S2/c1-4-10-19-17-15(23-13(5-2)18-17)14(20)16(24(19,21)22)12-9-7-6-8-11(12)3/h1,6-9,20H,5,10H2,2-3H3. The Morgan fingerprint density at radius 3 is 2.71 bits per heavy atom. The molecule has 0 saturated carbocycles. The van der Waals surface area contributed by atoms with Gasteiger partial charge in [-0.2, -0.15) is 0 Å². The summed E-state index contributed by atoms with van der Waals surface area (Å²) in [6.45, 7) is 3.59. The van der Waals surface area contributed by atoms with Crippen molar-refractivity contribution in [2.75, 3.05) is 10.8 Å². The summed E-state index contributed by atoms with van der Waals surface area (Å²) in [5, 5.41) is 11.5. The molecule has 0 spiro atoms. The molecule has 0 amide bonds. The van der Waals surface area contributed by atoms with E-state index in [1.54, 1.807) is 25.1 Å². The molecule has 0 aliphatic carbocycles. The molecule has 24 heavy (non-hydrogen) atoms. The van der Waals surface area contributed by atoms with E-state index in [-0.39, 0.29) is 23.0 Å². The van der Waals surface area contributed by atoms with Gasteiger partial charge in [0.15, 0.2) is 11.6 Å². The molecule has 0 unspecified atom stereocenters. The minimum absolute atomic E-state index is 0.116. The van der Waals surface area contributed by atoms with E-state index in [1.165, 1.54) is 11.3 Å². The molecule has 2 aromatic rings. The Morgan fingerprint density at radius 1 is 1.38 bits per heavy atom. The second kappa shape index (κ2) is 5.96. The predicted molar refractivity (Wildman–Crippen MR) is 97.2 cm³/mol. The van der Waals surface area contributed by atoms with E-state index in [1.807, 2.05) is 13.0 Å². The molecule has 0 fully saturated rings. The first kappa shape index (κ1) is 16.6. The molecular weight excluding hydrogens is 344 g/mol. The molecule has 1 aromatic heterocycles. The summed E-state index contributed by atoms with van der Waals surface area (Å²) < 4.78 is 27.3. The van der Waals surface area contributed by atoms with Crippen molar-refractivity contribution >= 4 is 37.8 Å². The second-order valence-corrected chi connectivity index (χ2v) is 8.21. The SMILES string of the molecule is C#CCN1c2nc(CC)sc2C(O)=C(c2ccccc2C)S1(=O)=O. The van der Waals surface area contributed by atoms with Crippen LogP contribution in [0.25, 0.3) is 10.7 Å². The van der Waals surface area contributed by atoms with E-state index < -0.39 is 10.0 Å². The van der Waals surface area contributed by atoms with Crippen molar-refractivity contribution in [1.82, 2.24) is 4.98 Å². The number of rotatable bonds is 3. The van der Waals surface area contributed by atoms with Crippen molar-refractivity contribution in [2.45, 2.75) is 20.3 Å². The van der Waals surface area contributed by atoms with E-state index in [2.05, 4.69) is 10.9 Å². The van der Waals surface area contributed by atoms with Crippen LogP contribution in [0, 0.1) is 19.3 Å². The Bertz CT molecular complexity index is 982. The zero-order valence-corrected chi connectivity index (χ0v) is 14.9. The fourth-order valence-electron chi connectivity index (χ4n) is 2.62. The van der Waals surface area contributed by atoms with Gasteiger partial charge in [-0.05, 0) is 18.9 Å². The van der Waals surface area contributed by atoms with Gasteiger partial charge in [0.25, 0.3) is 10.0 Å². The molecule has 3 rings (SSSR count). The Balaban J connectivity index is 2.36. The van der Waals surface area contributed by atoms with Crippen LogP contribution in [0.1, 0.15) is 27.9 Å². The van der Waals surface area contributed by atoms with Gasteiger partial charge >= 0.3 is 0 Å². The third kappa shape index (κ3) is 2.39. The number of anilines is 1. The number of aryl methyl sites for hydroxylation is 2. The summed E-state index contributed by atoms with van der Waals surface area (Å²) in [7, 11) is -3.99. The minimum Gasteiger partial charge on any atom is -0.505 e. The van der Waals surface area contributed by atoms with Gasteiger partial charge in [0, 0.05) is 5.56 Å². The fourth-order valence-corrected chi connectivity index (χ4v) is 5.37. The molecule has 1 aliphatic heterocycles. The van der Waals surface area contributed by atoms with Gasteiger partial charge in [-0.1, -0.05) is 37.1 Å². The average molecular weight is 360 g/mol. The van der Waals surface area contributed by atoms with Crippen molar-refractivity contribution in [1.29, 1.82) is 0 Å². The first-order valence-corrected chi connectivity index (χ1v) is 9.63. The van der Waals surface area contributed by atoms with E-state index >= 15 is 0 Å². The predicted octanol–water partition coefficient (Wildman–Crippen LogP) is 3.18. The first-order valence-electron chi connectivity index (χ1n) is 7.37. The molecule has 1 aromatic carbocycles. The lowest BCUT2D eigenvalue weighted by atomic mass is 10.1. The highest BCUT2D eigenvalue weighted by Crippen LogP contribution is 2.45. The monoisotopic (exact) mass is 360 g/mol. The number of hydrogen-bond acceptors (Lipinski definition) is 5. The molecule has 1 N–H and O–H groups in total. The number of sulfonamides is 1. The van der Waals surface area contributed by atoms with Gasteiger partial charge in [0.1, 0.15) is 9.78 Å². The zero-order valence-electron chi connectivity index (χ0n) is 13.3. The Hall–Kier alpha value is -2.30. The Labute approximate surface area is 145 Å². The smallest absolute Gasteiger partial charge is 0.270 e. The number of hydrogen-bond donors (Lipinski definition) is 1. The maximum atomic E-state index is 13.1. The summed E-state index contributed by atoms with van der Waals surface area (Å²) in [6.07, 6.45) is 6.01. The van der Waals surface area contributed by atoms with E-state index in [0.29, 0.717) is 16.9 Å². The molecule has 0 bridgehead atoms. The van der Waals surface area contributed by atoms with Gasteiger partial charge in [-0.15, -0.1) is 17.8 Å². The second-order valence-electron chi connectivity index (χ2n) is 5.32. The number of aliphatic hydroxyl groups excluding tert-OH is 1. The molecule has 2 heterocycles. The fraction of sp³-hybridized carbons (Fsp3) is 0.235. The van der Waals surface area contributed by atoms with Crippen LogP contribution in [0.4, 0.5) is 5.82 Å². The highest BCUT2D eigenvalue weighted by atomic mass is 32.2. The lowest BCUT2D eigenvalue weighted by Crippen LogP contribution is -2.35. The molecule has 0 atom stereocenters. The van der Waals surface area contributed by atoms with Gasteiger partial charge < -0.3 is 5.11 Å².